The standard InChI is InChI=1S/C30H36BrN3O4S/c1-5-23(3)32-30(36)28(18-24-10-7-6-8-11-24)33(20-25-16-14-22(2)15-17-25)29(35)21-34(39(4,37)38)27-13-9-12-26(31)19-27/h6-17,19,23,28H,5,18,20-21H2,1-4H3,(H,32,36)/t23-,28+/m1/s1. The summed E-state index contributed by atoms with van der Waals surface area (Å²) in [4.78, 5) is 29.2. The van der Waals surface area contributed by atoms with Crippen LogP contribution in [0.15, 0.2) is 83.3 Å². The van der Waals surface area contributed by atoms with Gasteiger partial charge >= 0.3 is 0 Å². The Morgan fingerprint density at radius 3 is 2.21 bits per heavy atom. The summed E-state index contributed by atoms with van der Waals surface area (Å²) in [5.74, 6) is -0.747. The lowest BCUT2D eigenvalue weighted by Crippen LogP contribution is -2.54. The number of rotatable bonds is 12. The van der Waals surface area contributed by atoms with Gasteiger partial charge < -0.3 is 10.2 Å². The summed E-state index contributed by atoms with van der Waals surface area (Å²) in [5.41, 5.74) is 3.18. The van der Waals surface area contributed by atoms with Crippen LogP contribution >= 0.6 is 15.9 Å². The van der Waals surface area contributed by atoms with Crippen LogP contribution in [0.25, 0.3) is 0 Å². The van der Waals surface area contributed by atoms with Gasteiger partial charge in [-0.25, -0.2) is 8.42 Å². The quantitative estimate of drug-likeness (QED) is 0.309. The normalized spacial score (nSPS) is 12.8. The number of nitrogens with zero attached hydrogens (tertiary/aromatic N) is 2. The molecule has 3 aromatic rings. The minimum Gasteiger partial charge on any atom is -0.352 e. The molecule has 0 aliphatic heterocycles. The summed E-state index contributed by atoms with van der Waals surface area (Å²) in [6.45, 7) is 5.59. The van der Waals surface area contributed by atoms with Gasteiger partial charge in [-0.3, -0.25) is 13.9 Å². The molecule has 7 nitrogen and oxygen atoms in total. The van der Waals surface area contributed by atoms with Gasteiger partial charge in [-0.1, -0.05) is 89.1 Å². The summed E-state index contributed by atoms with van der Waals surface area (Å²) in [6, 6.07) is 23.1. The van der Waals surface area contributed by atoms with Crippen molar-refractivity contribution in [2.75, 3.05) is 17.1 Å². The zero-order chi connectivity index (χ0) is 28.6. The molecule has 208 valence electrons. The summed E-state index contributed by atoms with van der Waals surface area (Å²) >= 11 is 3.38. The second kappa shape index (κ2) is 13.8. The SMILES string of the molecule is CC[C@@H](C)NC(=O)[C@H](Cc1ccccc1)N(Cc1ccc(C)cc1)C(=O)CN(c1cccc(Br)c1)S(C)(=O)=O. The molecule has 0 fully saturated rings. The van der Waals surface area contributed by atoms with Crippen LogP contribution in [0.2, 0.25) is 0 Å². The lowest BCUT2D eigenvalue weighted by Gasteiger charge is -2.34. The Labute approximate surface area is 240 Å². The van der Waals surface area contributed by atoms with E-state index in [-0.39, 0.29) is 24.9 Å². The van der Waals surface area contributed by atoms with E-state index in [4.69, 9.17) is 0 Å². The van der Waals surface area contributed by atoms with Crippen molar-refractivity contribution in [2.45, 2.75) is 52.2 Å². The number of anilines is 1. The average molecular weight is 615 g/mol. The van der Waals surface area contributed by atoms with Crippen LogP contribution in [0.4, 0.5) is 5.69 Å². The first-order valence-electron chi connectivity index (χ1n) is 12.9. The van der Waals surface area contributed by atoms with Crippen LogP contribution in [0, 0.1) is 6.92 Å². The summed E-state index contributed by atoms with van der Waals surface area (Å²) < 4.78 is 27.4. The van der Waals surface area contributed by atoms with E-state index in [0.29, 0.717) is 10.2 Å². The molecule has 0 saturated carbocycles. The van der Waals surface area contributed by atoms with Crippen molar-refractivity contribution in [3.8, 4) is 0 Å². The molecule has 0 aliphatic rings. The van der Waals surface area contributed by atoms with Crippen molar-refractivity contribution in [1.29, 1.82) is 0 Å². The Morgan fingerprint density at radius 1 is 0.949 bits per heavy atom. The Bertz CT molecular complexity index is 1360. The van der Waals surface area contributed by atoms with Crippen LogP contribution in [0.3, 0.4) is 0 Å². The lowest BCUT2D eigenvalue weighted by atomic mass is 10.0. The third-order valence-electron chi connectivity index (χ3n) is 6.52. The Hall–Kier alpha value is -3.17. The molecule has 0 aromatic heterocycles. The number of hydrogen-bond donors (Lipinski definition) is 1. The third-order valence-corrected chi connectivity index (χ3v) is 8.15. The van der Waals surface area contributed by atoms with Crippen molar-refractivity contribution < 1.29 is 18.0 Å². The van der Waals surface area contributed by atoms with Gasteiger partial charge in [-0.05, 0) is 49.6 Å². The van der Waals surface area contributed by atoms with Crippen LogP contribution in [0.1, 0.15) is 37.0 Å². The van der Waals surface area contributed by atoms with E-state index in [2.05, 4.69) is 21.2 Å². The van der Waals surface area contributed by atoms with E-state index >= 15 is 0 Å². The molecular weight excluding hydrogens is 578 g/mol. The Kier molecular flexibility index (Phi) is 10.7. The molecule has 0 saturated heterocycles. The second-order valence-electron chi connectivity index (χ2n) is 9.78. The monoisotopic (exact) mass is 613 g/mol. The number of hydrogen-bond acceptors (Lipinski definition) is 4. The van der Waals surface area contributed by atoms with Gasteiger partial charge in [0.25, 0.3) is 0 Å². The maximum Gasteiger partial charge on any atom is 0.244 e. The van der Waals surface area contributed by atoms with Crippen molar-refractivity contribution in [3.63, 3.8) is 0 Å². The highest BCUT2D eigenvalue weighted by Gasteiger charge is 2.33. The number of aryl methyl sites for hydroxylation is 1. The highest BCUT2D eigenvalue weighted by Crippen LogP contribution is 2.23. The fourth-order valence-corrected chi connectivity index (χ4v) is 5.36. The first kappa shape index (κ1) is 30.4. The minimum absolute atomic E-state index is 0.0821. The maximum atomic E-state index is 14.0. The van der Waals surface area contributed by atoms with E-state index in [1.165, 1.54) is 4.90 Å². The Morgan fingerprint density at radius 2 is 1.62 bits per heavy atom. The van der Waals surface area contributed by atoms with Crippen molar-refractivity contribution in [2.24, 2.45) is 0 Å². The molecule has 1 N–H and O–H groups in total. The van der Waals surface area contributed by atoms with E-state index in [9.17, 15) is 18.0 Å². The van der Waals surface area contributed by atoms with Gasteiger partial charge in [-0.2, -0.15) is 0 Å². The fraction of sp³-hybridized carbons (Fsp3) is 0.333. The molecule has 0 aliphatic carbocycles. The number of carbonyl (C=O) groups excluding carboxylic acids is 2. The number of carbonyl (C=O) groups is 2. The molecule has 39 heavy (non-hydrogen) atoms. The first-order chi connectivity index (χ1) is 18.5. The van der Waals surface area contributed by atoms with E-state index in [0.717, 1.165) is 33.7 Å². The second-order valence-corrected chi connectivity index (χ2v) is 12.6. The van der Waals surface area contributed by atoms with E-state index < -0.39 is 28.5 Å². The summed E-state index contributed by atoms with van der Waals surface area (Å²) in [6.07, 6.45) is 2.10. The van der Waals surface area contributed by atoms with Gasteiger partial charge in [0.2, 0.25) is 21.8 Å². The minimum atomic E-state index is -3.81. The maximum absolute atomic E-state index is 14.0. The molecule has 0 bridgehead atoms. The highest BCUT2D eigenvalue weighted by atomic mass is 79.9. The summed E-state index contributed by atoms with van der Waals surface area (Å²) in [7, 11) is -3.81. The molecule has 3 aromatic carbocycles. The van der Waals surface area contributed by atoms with Crippen molar-refractivity contribution in [3.05, 3.63) is 100 Å². The largest absolute Gasteiger partial charge is 0.352 e. The van der Waals surface area contributed by atoms with Crippen LogP contribution in [-0.4, -0.2) is 50.0 Å². The molecular formula is C30H36BrN3O4S. The predicted molar refractivity (Wildman–Crippen MR) is 160 cm³/mol. The number of benzene rings is 3. The van der Waals surface area contributed by atoms with Gasteiger partial charge in [0, 0.05) is 23.5 Å². The van der Waals surface area contributed by atoms with Gasteiger partial charge in [-0.15, -0.1) is 0 Å². The number of amides is 2. The van der Waals surface area contributed by atoms with Gasteiger partial charge in [0.05, 0.1) is 11.9 Å². The lowest BCUT2D eigenvalue weighted by molar-refractivity contribution is -0.140. The average Bonchev–Trinajstić information content (AvgIpc) is 2.90. The first-order valence-corrected chi connectivity index (χ1v) is 15.5. The number of halogens is 1. The highest BCUT2D eigenvalue weighted by molar-refractivity contribution is 9.10. The fourth-order valence-electron chi connectivity index (χ4n) is 4.13. The molecule has 2 amide bonds. The van der Waals surface area contributed by atoms with E-state index in [1.54, 1.807) is 24.3 Å². The van der Waals surface area contributed by atoms with Crippen LogP contribution < -0.4 is 9.62 Å². The smallest absolute Gasteiger partial charge is 0.244 e. The van der Waals surface area contributed by atoms with Crippen LogP contribution in [0.5, 0.6) is 0 Å². The molecule has 0 heterocycles. The molecule has 9 heteroatoms. The molecule has 2 atom stereocenters. The molecule has 0 unspecified atom stereocenters. The molecule has 0 radical (unpaired) electrons. The number of nitrogens with one attached hydrogen (secondary N) is 1. The number of sulfonamides is 1. The van der Waals surface area contributed by atoms with Gasteiger partial charge in [0.15, 0.2) is 0 Å². The third kappa shape index (κ3) is 8.93. The Balaban J connectivity index is 2.05. The molecule has 0 spiro atoms. The zero-order valence-electron chi connectivity index (χ0n) is 22.8. The van der Waals surface area contributed by atoms with E-state index in [1.807, 2.05) is 75.4 Å². The van der Waals surface area contributed by atoms with Gasteiger partial charge in [0.1, 0.15) is 12.6 Å². The van der Waals surface area contributed by atoms with Crippen LogP contribution in [-0.2, 0) is 32.6 Å². The molecule has 3 rings (SSSR count). The topological polar surface area (TPSA) is 86.8 Å². The van der Waals surface area contributed by atoms with Crippen molar-refractivity contribution >= 4 is 43.5 Å². The zero-order valence-corrected chi connectivity index (χ0v) is 25.2. The predicted octanol–water partition coefficient (Wildman–Crippen LogP) is 5.08. The van der Waals surface area contributed by atoms with Crippen molar-refractivity contribution in [1.82, 2.24) is 10.2 Å². The summed E-state index contributed by atoms with van der Waals surface area (Å²) in [5, 5.41) is 3.03.